The second-order valence-corrected chi connectivity index (χ2v) is 20.5. The first-order valence-corrected chi connectivity index (χ1v) is 21.4. The Hall–Kier alpha value is -4.17. The first-order valence-electron chi connectivity index (χ1n) is 19.5. The molecule has 1 saturated heterocycles. The van der Waals surface area contributed by atoms with Gasteiger partial charge in [-0.1, -0.05) is 106 Å². The van der Waals surface area contributed by atoms with Crippen LogP contribution >= 0.6 is 0 Å². The fraction of sp³-hybridized carbons (Fsp3) is 0.400. The number of carbonyl (C=O) groups excluding carboxylic acids is 1. The van der Waals surface area contributed by atoms with E-state index in [0.29, 0.717) is 5.78 Å². The number of piperazine rings is 1. The number of nitrogens with one attached hydrogen (secondary N) is 2. The van der Waals surface area contributed by atoms with Gasteiger partial charge in [0.05, 0.1) is 6.04 Å². The summed E-state index contributed by atoms with van der Waals surface area (Å²) in [5, 5.41) is 7.72. The lowest BCUT2D eigenvalue weighted by Gasteiger charge is -2.47. The van der Waals surface area contributed by atoms with E-state index < -0.39 is 8.32 Å². The van der Waals surface area contributed by atoms with E-state index in [1.54, 1.807) is 0 Å². The highest BCUT2D eigenvalue weighted by molar-refractivity contribution is 6.99. The van der Waals surface area contributed by atoms with Crippen molar-refractivity contribution in [3.63, 3.8) is 0 Å². The third-order valence-electron chi connectivity index (χ3n) is 12.2. The summed E-state index contributed by atoms with van der Waals surface area (Å²) in [6.45, 7) is 10.6. The van der Waals surface area contributed by atoms with Gasteiger partial charge in [0.1, 0.15) is 0 Å². The Morgan fingerprint density at radius 2 is 1.40 bits per heavy atom. The first kappa shape index (κ1) is 34.9. The summed E-state index contributed by atoms with van der Waals surface area (Å²) < 4.78 is 7.55. The molecule has 2 fully saturated rings. The number of nitrogens with zero attached hydrogens (tertiary/aromatic N) is 2. The number of anilines is 2. The summed E-state index contributed by atoms with van der Waals surface area (Å²) >= 11 is 0. The lowest BCUT2D eigenvalue weighted by molar-refractivity contribution is -0.130. The molecule has 1 aliphatic carbocycles. The third kappa shape index (κ3) is 6.63. The Bertz CT molecular complexity index is 1920. The number of benzene rings is 4. The lowest BCUT2D eigenvalue weighted by Crippen LogP contribution is -2.68. The number of aromatic nitrogens is 1. The minimum Gasteiger partial charge on any atom is -0.404 e. The zero-order valence-corrected chi connectivity index (χ0v) is 32.1. The molecule has 2 atom stereocenters. The summed E-state index contributed by atoms with van der Waals surface area (Å²) in [5.74, 6) is 0.483. The highest BCUT2D eigenvalue weighted by atomic mass is 28.4. The van der Waals surface area contributed by atoms with E-state index in [0.717, 1.165) is 64.7 Å². The molecule has 6 nitrogen and oxygen atoms in total. The van der Waals surface area contributed by atoms with Crippen molar-refractivity contribution in [2.24, 2.45) is 5.92 Å². The zero-order valence-electron chi connectivity index (χ0n) is 31.1. The molecule has 4 aromatic carbocycles. The monoisotopic (exact) mass is 710 g/mol. The number of carbonyl (C=O) groups is 1. The first-order chi connectivity index (χ1) is 25.3. The van der Waals surface area contributed by atoms with Crippen molar-refractivity contribution in [1.29, 1.82) is 0 Å². The largest absolute Gasteiger partial charge is 0.404 e. The number of hydrogen-bond donors (Lipinski definition) is 2. The molecule has 5 aromatic rings. The molecule has 7 heteroatoms. The van der Waals surface area contributed by atoms with Gasteiger partial charge in [-0.3, -0.25) is 9.69 Å². The maximum absolute atomic E-state index is 15.0. The molecular formula is C45H54N4O2Si. The quantitative estimate of drug-likeness (QED) is 0.153. The number of aryl methyl sites for hydroxylation is 1. The summed E-state index contributed by atoms with van der Waals surface area (Å²) in [5.41, 5.74) is 5.00. The van der Waals surface area contributed by atoms with E-state index in [-0.39, 0.29) is 29.1 Å². The molecule has 0 bridgehead atoms. The smallest absolute Gasteiger partial charge is 0.261 e. The van der Waals surface area contributed by atoms with Crippen molar-refractivity contribution in [3.05, 3.63) is 121 Å². The maximum Gasteiger partial charge on any atom is 0.261 e. The molecule has 0 amide bonds. The van der Waals surface area contributed by atoms with Crippen LogP contribution in [0.1, 0.15) is 58.4 Å². The highest BCUT2D eigenvalue weighted by Gasteiger charge is 2.52. The second kappa shape index (κ2) is 14.7. The molecule has 8 rings (SSSR count). The topological polar surface area (TPSA) is 60.6 Å². The van der Waals surface area contributed by atoms with Crippen molar-refractivity contribution >= 4 is 46.8 Å². The van der Waals surface area contributed by atoms with Gasteiger partial charge in [-0.2, -0.15) is 0 Å². The van der Waals surface area contributed by atoms with E-state index in [1.807, 2.05) is 6.20 Å². The fourth-order valence-corrected chi connectivity index (χ4v) is 14.3. The standard InChI is InChI=1S/C45H54N4O2Si/c1-45(2,3)52(36-14-6-4-7-15-36,37-16-8-5-9-17-37)51-35-24-21-34(22-25-35)44(50)43(41-26-23-33-13-10-11-18-39(33)47-41)49-31-29-48(30-32-49)42-20-12-19-40-38(42)27-28-46-40/h4-20,27-28,34-35,41,43,46-47H,21-26,29-32H2,1-3H3. The van der Waals surface area contributed by atoms with Crippen LogP contribution in [-0.4, -0.2) is 68.4 Å². The molecule has 0 spiro atoms. The number of para-hydroxylation sites is 1. The van der Waals surface area contributed by atoms with Crippen LogP contribution in [0.2, 0.25) is 5.04 Å². The molecular weight excluding hydrogens is 657 g/mol. The van der Waals surface area contributed by atoms with Crippen LogP contribution in [0.4, 0.5) is 11.4 Å². The zero-order chi connectivity index (χ0) is 35.7. The summed E-state index contributed by atoms with van der Waals surface area (Å²) in [7, 11) is -2.65. The number of aromatic amines is 1. The molecule has 1 aromatic heterocycles. The molecule has 1 saturated carbocycles. The molecule has 270 valence electrons. The molecule has 3 aliphatic rings. The van der Waals surface area contributed by atoms with Crippen LogP contribution in [0.3, 0.4) is 0 Å². The number of ketones is 1. The van der Waals surface area contributed by atoms with Crippen molar-refractivity contribution < 1.29 is 9.22 Å². The van der Waals surface area contributed by atoms with Crippen molar-refractivity contribution in [2.75, 3.05) is 36.4 Å². The Kier molecular flexibility index (Phi) is 9.85. The second-order valence-electron chi connectivity index (χ2n) is 16.3. The third-order valence-corrected chi connectivity index (χ3v) is 17.3. The predicted octanol–water partition coefficient (Wildman–Crippen LogP) is 7.79. The van der Waals surface area contributed by atoms with Crippen LogP contribution in [0, 0.1) is 5.92 Å². The fourth-order valence-electron chi connectivity index (χ4n) is 9.57. The van der Waals surface area contributed by atoms with Gasteiger partial charge in [-0.25, -0.2) is 0 Å². The predicted molar refractivity (Wildman–Crippen MR) is 218 cm³/mol. The number of fused-ring (bicyclic) bond motifs is 2. The van der Waals surface area contributed by atoms with Gasteiger partial charge in [0, 0.05) is 72.7 Å². The minimum absolute atomic E-state index is 0.0506. The number of H-pyrrole nitrogens is 1. The lowest BCUT2D eigenvalue weighted by atomic mass is 9.79. The Morgan fingerprint density at radius 1 is 0.750 bits per heavy atom. The van der Waals surface area contributed by atoms with Crippen LogP contribution in [0.5, 0.6) is 0 Å². The average Bonchev–Trinajstić information content (AvgIpc) is 3.67. The van der Waals surface area contributed by atoms with Crippen LogP contribution < -0.4 is 20.6 Å². The van der Waals surface area contributed by atoms with Crippen LogP contribution in [0.15, 0.2) is 115 Å². The normalized spacial score (nSPS) is 22.1. The van der Waals surface area contributed by atoms with Gasteiger partial charge in [0.2, 0.25) is 0 Å². The minimum atomic E-state index is -2.65. The van der Waals surface area contributed by atoms with Gasteiger partial charge in [0.25, 0.3) is 8.32 Å². The van der Waals surface area contributed by atoms with Crippen LogP contribution in [0.25, 0.3) is 10.9 Å². The summed E-state index contributed by atoms with van der Waals surface area (Å²) in [6.07, 6.45) is 7.75. The molecule has 2 aliphatic heterocycles. The summed E-state index contributed by atoms with van der Waals surface area (Å²) in [6, 6.07) is 39.2. The summed E-state index contributed by atoms with van der Waals surface area (Å²) in [4.78, 5) is 23.4. The molecule has 0 radical (unpaired) electrons. The Labute approximate surface area is 310 Å². The Balaban J connectivity index is 1.01. The van der Waals surface area contributed by atoms with Crippen LogP contribution in [-0.2, 0) is 15.6 Å². The number of Topliss-reactive ketones (excluding diaryl/α,β-unsaturated/α-hetero) is 1. The van der Waals surface area contributed by atoms with Crippen molar-refractivity contribution in [3.8, 4) is 0 Å². The van der Waals surface area contributed by atoms with Crippen molar-refractivity contribution in [1.82, 2.24) is 9.88 Å². The van der Waals surface area contributed by atoms with E-state index >= 15 is 0 Å². The Morgan fingerprint density at radius 3 is 2.08 bits per heavy atom. The van der Waals surface area contributed by atoms with E-state index in [9.17, 15) is 4.79 Å². The number of rotatable bonds is 9. The average molecular weight is 711 g/mol. The van der Waals surface area contributed by atoms with Gasteiger partial charge >= 0.3 is 0 Å². The van der Waals surface area contributed by atoms with E-state index in [4.69, 9.17) is 4.43 Å². The molecule has 52 heavy (non-hydrogen) atoms. The van der Waals surface area contributed by atoms with E-state index in [1.165, 1.54) is 38.2 Å². The maximum atomic E-state index is 15.0. The van der Waals surface area contributed by atoms with E-state index in [2.05, 4.69) is 150 Å². The van der Waals surface area contributed by atoms with Gasteiger partial charge in [-0.15, -0.1) is 0 Å². The van der Waals surface area contributed by atoms with Crippen molar-refractivity contribution in [2.45, 2.75) is 82.5 Å². The number of hydrogen-bond acceptors (Lipinski definition) is 5. The molecule has 2 N–H and O–H groups in total. The molecule has 3 heterocycles. The SMILES string of the molecule is CC(C)(C)[Si](OC1CCC(C(=O)C(C2CCc3ccccc3N2)N2CCN(c3cccc4[nH]ccc34)CC2)CC1)(c1ccccc1)c1ccccc1. The highest BCUT2D eigenvalue weighted by Crippen LogP contribution is 2.41. The molecule has 2 unspecified atom stereocenters. The van der Waals surface area contributed by atoms with Gasteiger partial charge in [-0.05, 0) is 83.8 Å². The van der Waals surface area contributed by atoms with Gasteiger partial charge in [0.15, 0.2) is 5.78 Å². The van der Waals surface area contributed by atoms with Gasteiger partial charge < -0.3 is 19.6 Å².